The second kappa shape index (κ2) is 7.36. The fourth-order valence-electron chi connectivity index (χ4n) is 2.20. The highest BCUT2D eigenvalue weighted by Gasteiger charge is 2.13. The first-order valence-electron chi connectivity index (χ1n) is 7.58. The molecule has 7 heteroatoms. The van der Waals surface area contributed by atoms with Crippen LogP contribution in [0.2, 0.25) is 5.02 Å². The molecular formula is C18H16ClN3O3. The molecule has 1 heterocycles. The Morgan fingerprint density at radius 3 is 2.68 bits per heavy atom. The van der Waals surface area contributed by atoms with Crippen LogP contribution in [0.15, 0.2) is 47.0 Å². The van der Waals surface area contributed by atoms with E-state index >= 15 is 0 Å². The van der Waals surface area contributed by atoms with Crippen LogP contribution in [0.4, 0.5) is 5.69 Å². The summed E-state index contributed by atoms with van der Waals surface area (Å²) in [6.07, 6.45) is -0.0192. The Labute approximate surface area is 149 Å². The van der Waals surface area contributed by atoms with Gasteiger partial charge in [0.2, 0.25) is 17.6 Å². The van der Waals surface area contributed by atoms with Crippen LogP contribution in [-0.2, 0) is 11.2 Å². The third-order valence-corrected chi connectivity index (χ3v) is 3.99. The van der Waals surface area contributed by atoms with E-state index < -0.39 is 0 Å². The van der Waals surface area contributed by atoms with Crippen molar-refractivity contribution in [3.63, 3.8) is 0 Å². The van der Waals surface area contributed by atoms with Gasteiger partial charge in [-0.05, 0) is 48.9 Å². The van der Waals surface area contributed by atoms with E-state index in [1.165, 1.54) is 0 Å². The van der Waals surface area contributed by atoms with E-state index in [1.54, 1.807) is 31.4 Å². The number of aromatic nitrogens is 2. The largest absolute Gasteiger partial charge is 0.497 e. The lowest BCUT2D eigenvalue weighted by Gasteiger charge is -2.05. The average Bonchev–Trinajstić information content (AvgIpc) is 3.06. The van der Waals surface area contributed by atoms with E-state index in [4.69, 9.17) is 20.9 Å². The third kappa shape index (κ3) is 4.16. The van der Waals surface area contributed by atoms with Gasteiger partial charge in [-0.3, -0.25) is 4.79 Å². The van der Waals surface area contributed by atoms with Crippen LogP contribution < -0.4 is 10.1 Å². The van der Waals surface area contributed by atoms with Crippen LogP contribution in [0.3, 0.4) is 0 Å². The molecule has 0 radical (unpaired) electrons. The molecule has 25 heavy (non-hydrogen) atoms. The Balaban J connectivity index is 1.65. The van der Waals surface area contributed by atoms with E-state index in [1.807, 2.05) is 25.1 Å². The van der Waals surface area contributed by atoms with Crippen LogP contribution in [-0.4, -0.2) is 23.2 Å². The summed E-state index contributed by atoms with van der Waals surface area (Å²) >= 11 is 6.05. The standard InChI is InChI=1S/C18H16ClN3O3/c1-11-3-6-13(9-15(11)19)20-16(23)10-17-21-18(22-25-17)12-4-7-14(24-2)8-5-12/h3-9H,10H2,1-2H3,(H,20,23). The number of ether oxygens (including phenoxy) is 1. The van der Waals surface area contributed by atoms with Crippen molar-refractivity contribution in [3.05, 3.63) is 58.9 Å². The molecule has 0 unspecified atom stereocenters. The number of hydrogen-bond donors (Lipinski definition) is 1. The lowest BCUT2D eigenvalue weighted by Crippen LogP contribution is -2.14. The molecule has 1 amide bonds. The van der Waals surface area contributed by atoms with Gasteiger partial charge in [0.25, 0.3) is 0 Å². The zero-order chi connectivity index (χ0) is 17.8. The third-order valence-electron chi connectivity index (χ3n) is 3.58. The van der Waals surface area contributed by atoms with Crippen molar-refractivity contribution in [2.45, 2.75) is 13.3 Å². The van der Waals surface area contributed by atoms with Crippen molar-refractivity contribution >= 4 is 23.2 Å². The second-order valence-electron chi connectivity index (χ2n) is 5.43. The second-order valence-corrected chi connectivity index (χ2v) is 5.84. The van der Waals surface area contributed by atoms with Crippen molar-refractivity contribution in [2.75, 3.05) is 12.4 Å². The van der Waals surface area contributed by atoms with Crippen molar-refractivity contribution < 1.29 is 14.1 Å². The van der Waals surface area contributed by atoms with Crippen molar-refractivity contribution in [1.29, 1.82) is 0 Å². The van der Waals surface area contributed by atoms with Gasteiger partial charge >= 0.3 is 0 Å². The number of benzene rings is 2. The quantitative estimate of drug-likeness (QED) is 0.749. The highest BCUT2D eigenvalue weighted by molar-refractivity contribution is 6.31. The Morgan fingerprint density at radius 2 is 2.00 bits per heavy atom. The number of rotatable bonds is 5. The zero-order valence-electron chi connectivity index (χ0n) is 13.7. The molecule has 0 atom stereocenters. The number of nitrogens with one attached hydrogen (secondary N) is 1. The minimum atomic E-state index is -0.259. The molecule has 0 aliphatic heterocycles. The molecular weight excluding hydrogens is 342 g/mol. The molecule has 0 aliphatic carbocycles. The number of carbonyl (C=O) groups excluding carboxylic acids is 1. The SMILES string of the molecule is COc1ccc(-c2noc(CC(=O)Nc3ccc(C)c(Cl)c3)n2)cc1. The number of methoxy groups -OCH3 is 1. The predicted molar refractivity (Wildman–Crippen MR) is 94.8 cm³/mol. The van der Waals surface area contributed by atoms with Gasteiger partial charge in [-0.15, -0.1) is 0 Å². The van der Waals surface area contributed by atoms with E-state index in [-0.39, 0.29) is 18.2 Å². The summed E-state index contributed by atoms with van der Waals surface area (Å²) in [6, 6.07) is 12.6. The van der Waals surface area contributed by atoms with E-state index in [0.717, 1.165) is 16.9 Å². The van der Waals surface area contributed by atoms with E-state index in [9.17, 15) is 4.79 Å². The summed E-state index contributed by atoms with van der Waals surface area (Å²) in [5, 5.41) is 7.25. The summed E-state index contributed by atoms with van der Waals surface area (Å²) in [5.41, 5.74) is 2.35. The van der Waals surface area contributed by atoms with Crippen LogP contribution in [0, 0.1) is 6.92 Å². The number of nitrogens with zero attached hydrogens (tertiary/aromatic N) is 2. The zero-order valence-corrected chi connectivity index (χ0v) is 14.5. The fourth-order valence-corrected chi connectivity index (χ4v) is 2.38. The Bertz CT molecular complexity index is 891. The normalized spacial score (nSPS) is 10.5. The first-order valence-corrected chi connectivity index (χ1v) is 7.96. The Hall–Kier alpha value is -2.86. The molecule has 0 aliphatic rings. The number of halogens is 1. The van der Waals surface area contributed by atoms with Gasteiger partial charge in [0.05, 0.1) is 7.11 Å². The van der Waals surface area contributed by atoms with E-state index in [2.05, 4.69) is 15.5 Å². The minimum absolute atomic E-state index is 0.0192. The number of hydrogen-bond acceptors (Lipinski definition) is 5. The number of aryl methyl sites for hydroxylation is 1. The van der Waals surface area contributed by atoms with Crippen molar-refractivity contribution in [2.24, 2.45) is 0 Å². The lowest BCUT2D eigenvalue weighted by atomic mass is 10.2. The summed E-state index contributed by atoms with van der Waals surface area (Å²) in [5.74, 6) is 1.14. The van der Waals surface area contributed by atoms with Gasteiger partial charge < -0.3 is 14.6 Å². The van der Waals surface area contributed by atoms with Crippen LogP contribution in [0.1, 0.15) is 11.5 Å². The number of carbonyl (C=O) groups is 1. The molecule has 1 aromatic heterocycles. The number of amides is 1. The maximum Gasteiger partial charge on any atom is 0.236 e. The molecule has 3 rings (SSSR count). The highest BCUT2D eigenvalue weighted by atomic mass is 35.5. The maximum atomic E-state index is 12.1. The minimum Gasteiger partial charge on any atom is -0.497 e. The van der Waals surface area contributed by atoms with Gasteiger partial charge in [-0.2, -0.15) is 4.98 Å². The first-order chi connectivity index (χ1) is 12.0. The fraction of sp³-hybridized carbons (Fsp3) is 0.167. The summed E-state index contributed by atoms with van der Waals surface area (Å²) in [7, 11) is 1.60. The van der Waals surface area contributed by atoms with Gasteiger partial charge in [0.15, 0.2) is 0 Å². The Morgan fingerprint density at radius 1 is 1.24 bits per heavy atom. The van der Waals surface area contributed by atoms with Crippen LogP contribution >= 0.6 is 11.6 Å². The molecule has 1 N–H and O–H groups in total. The molecule has 0 spiro atoms. The molecule has 2 aromatic carbocycles. The lowest BCUT2D eigenvalue weighted by molar-refractivity contribution is -0.115. The van der Waals surface area contributed by atoms with Crippen molar-refractivity contribution in [1.82, 2.24) is 10.1 Å². The summed E-state index contributed by atoms with van der Waals surface area (Å²) in [4.78, 5) is 16.4. The van der Waals surface area contributed by atoms with Gasteiger partial charge in [0, 0.05) is 16.3 Å². The van der Waals surface area contributed by atoms with Crippen LogP contribution in [0.25, 0.3) is 11.4 Å². The topological polar surface area (TPSA) is 77.2 Å². The Kier molecular flexibility index (Phi) is 5.00. The molecule has 3 aromatic rings. The van der Waals surface area contributed by atoms with Gasteiger partial charge in [-0.25, -0.2) is 0 Å². The molecule has 6 nitrogen and oxygen atoms in total. The van der Waals surface area contributed by atoms with Gasteiger partial charge in [0.1, 0.15) is 12.2 Å². The highest BCUT2D eigenvalue weighted by Crippen LogP contribution is 2.21. The number of anilines is 1. The molecule has 0 saturated carbocycles. The average molecular weight is 358 g/mol. The summed E-state index contributed by atoms with van der Waals surface area (Å²) in [6.45, 7) is 1.90. The molecule has 0 bridgehead atoms. The molecule has 0 saturated heterocycles. The first kappa shape index (κ1) is 17.0. The molecule has 0 fully saturated rings. The van der Waals surface area contributed by atoms with E-state index in [0.29, 0.717) is 16.5 Å². The molecule has 128 valence electrons. The van der Waals surface area contributed by atoms with Gasteiger partial charge in [-0.1, -0.05) is 22.8 Å². The smallest absolute Gasteiger partial charge is 0.236 e. The monoisotopic (exact) mass is 357 g/mol. The van der Waals surface area contributed by atoms with Crippen LogP contribution in [0.5, 0.6) is 5.75 Å². The van der Waals surface area contributed by atoms with Crippen molar-refractivity contribution in [3.8, 4) is 17.1 Å². The summed E-state index contributed by atoms with van der Waals surface area (Å²) < 4.78 is 10.3. The maximum absolute atomic E-state index is 12.1. The predicted octanol–water partition coefficient (Wildman–Crippen LogP) is 3.89.